The van der Waals surface area contributed by atoms with E-state index in [4.69, 9.17) is 0 Å². The van der Waals surface area contributed by atoms with Crippen LogP contribution in [-0.4, -0.2) is 8.07 Å². The first-order chi connectivity index (χ1) is 21.8. The van der Waals surface area contributed by atoms with Crippen LogP contribution in [0.15, 0.2) is 58.9 Å². The Morgan fingerprint density at radius 2 is 0.891 bits per heavy atom. The molecule has 2 atom stereocenters. The number of hydrogen-bond donors (Lipinski definition) is 0. The van der Waals surface area contributed by atoms with Crippen LogP contribution in [0.25, 0.3) is 34.4 Å². The molecule has 1 aliphatic heterocycles. The van der Waals surface area contributed by atoms with Crippen LogP contribution < -0.4 is 0 Å². The number of allylic oxidation sites excluding steroid dienone is 2. The second-order valence-electron chi connectivity index (χ2n) is 15.6. The van der Waals surface area contributed by atoms with Gasteiger partial charge in [0.25, 0.3) is 0 Å². The predicted molar refractivity (Wildman–Crippen MR) is 202 cm³/mol. The molecule has 1 heterocycles. The van der Waals surface area contributed by atoms with E-state index in [1.54, 1.807) is 22.3 Å². The van der Waals surface area contributed by atoms with E-state index < -0.39 is 28.0 Å². The normalized spacial score (nSPS) is 20.1. The van der Waals surface area contributed by atoms with Crippen molar-refractivity contribution in [2.45, 2.75) is 98.0 Å². The molecular formula is C44H52HfSi. The van der Waals surface area contributed by atoms with Gasteiger partial charge in [-0.05, 0) is 0 Å². The van der Waals surface area contributed by atoms with Crippen molar-refractivity contribution in [3.8, 4) is 22.3 Å². The molecule has 7 rings (SSSR count). The van der Waals surface area contributed by atoms with Gasteiger partial charge >= 0.3 is 286 Å². The third-order valence-electron chi connectivity index (χ3n) is 13.2. The zero-order valence-corrected chi connectivity index (χ0v) is 34.9. The predicted octanol–water partition coefficient (Wildman–Crippen LogP) is 12.9. The van der Waals surface area contributed by atoms with Gasteiger partial charge in [0.15, 0.2) is 0 Å². The fourth-order valence-corrected chi connectivity index (χ4v) is 42.2. The summed E-state index contributed by atoms with van der Waals surface area (Å²) in [7, 11) is -1.94. The summed E-state index contributed by atoms with van der Waals surface area (Å²) in [5, 5.41) is 3.78. The van der Waals surface area contributed by atoms with Crippen LogP contribution in [0.3, 0.4) is 0 Å². The first-order valence-corrected chi connectivity index (χ1v) is 31.4. The third-order valence-corrected chi connectivity index (χ3v) is 35.9. The Morgan fingerprint density at radius 1 is 0.543 bits per heavy atom. The first-order valence-electron chi connectivity index (χ1n) is 17.7. The molecule has 0 spiro atoms. The Kier molecular flexibility index (Phi) is 7.65. The number of hydrogen-bond acceptors (Lipinski definition) is 0. The second-order valence-corrected chi connectivity index (χ2v) is 37.5. The molecule has 3 aliphatic rings. The van der Waals surface area contributed by atoms with E-state index in [2.05, 4.69) is 139 Å². The van der Waals surface area contributed by atoms with Crippen molar-refractivity contribution in [2.75, 3.05) is 0 Å². The summed E-state index contributed by atoms with van der Waals surface area (Å²) in [5.74, 6) is 0. The summed E-state index contributed by atoms with van der Waals surface area (Å²) in [6, 6.07) is 22.1. The molecule has 0 nitrogen and oxygen atoms in total. The Hall–Kier alpha value is -2.55. The quantitative estimate of drug-likeness (QED) is 0.181. The fraction of sp³-hybridized carbons (Fsp3) is 0.364. The monoisotopic (exact) mass is 788 g/mol. The summed E-state index contributed by atoms with van der Waals surface area (Å²) >= 11 is -3.11. The molecular weight excluding hydrogens is 735 g/mol. The van der Waals surface area contributed by atoms with Crippen LogP contribution in [0.4, 0.5) is 0 Å². The molecule has 0 saturated carbocycles. The molecule has 0 aromatic heterocycles. The molecule has 1 saturated heterocycles. The first kappa shape index (κ1) is 32.0. The summed E-state index contributed by atoms with van der Waals surface area (Å²) in [4.78, 5) is 0. The van der Waals surface area contributed by atoms with Gasteiger partial charge in [-0.15, -0.1) is 0 Å². The third kappa shape index (κ3) is 4.17. The molecule has 2 heteroatoms. The summed E-state index contributed by atoms with van der Waals surface area (Å²) in [5.41, 5.74) is 23.8. The Labute approximate surface area is 284 Å². The van der Waals surface area contributed by atoms with E-state index in [-0.39, 0.29) is 0 Å². The number of benzene rings is 4. The molecule has 2 aliphatic carbocycles. The van der Waals surface area contributed by atoms with E-state index in [0.717, 1.165) is 0 Å². The van der Waals surface area contributed by atoms with Crippen LogP contribution >= 0.6 is 0 Å². The molecule has 4 aromatic rings. The van der Waals surface area contributed by atoms with E-state index in [0.29, 0.717) is 7.35 Å². The van der Waals surface area contributed by atoms with Gasteiger partial charge in [0.2, 0.25) is 0 Å². The van der Waals surface area contributed by atoms with Crippen molar-refractivity contribution in [3.05, 3.63) is 126 Å². The van der Waals surface area contributed by atoms with Crippen LogP contribution in [0.5, 0.6) is 0 Å². The minimum atomic E-state index is -3.11. The van der Waals surface area contributed by atoms with Gasteiger partial charge in [-0.25, -0.2) is 0 Å². The van der Waals surface area contributed by atoms with E-state index >= 15 is 0 Å². The fourth-order valence-electron chi connectivity index (χ4n) is 10.3. The zero-order valence-electron chi connectivity index (χ0n) is 30.3. The van der Waals surface area contributed by atoms with Gasteiger partial charge in [-0.1, -0.05) is 0 Å². The topological polar surface area (TPSA) is 0 Å². The Bertz CT molecular complexity index is 1840. The maximum atomic E-state index is 2.82. The average Bonchev–Trinajstić information content (AvgIpc) is 3.62. The van der Waals surface area contributed by atoms with Crippen molar-refractivity contribution in [1.29, 1.82) is 0 Å². The van der Waals surface area contributed by atoms with Crippen molar-refractivity contribution < 1.29 is 20.0 Å². The molecule has 0 bridgehead atoms. The molecule has 4 aromatic carbocycles. The molecule has 0 amide bonds. The molecule has 1 fully saturated rings. The SMILES string of the molecule is CC[Si]1(CC)C2=Cc3c(-c4c(C)c(C)cc(C)c4C)cccc3[CH]2[Hf]([CH3])([CH3])[CH]2C1=Cc1c(-c3c(C)c(C)cc(C)c3C)cccc12. The van der Waals surface area contributed by atoms with Crippen LogP contribution in [0.1, 0.15) is 88.0 Å². The number of rotatable bonds is 4. The van der Waals surface area contributed by atoms with Crippen molar-refractivity contribution >= 4 is 20.2 Å². The van der Waals surface area contributed by atoms with E-state index in [9.17, 15) is 0 Å². The summed E-state index contributed by atoms with van der Waals surface area (Å²) in [6.07, 6.45) is 5.57. The molecule has 46 heavy (non-hydrogen) atoms. The number of aryl methyl sites for hydroxylation is 4. The minimum absolute atomic E-state index is 0.668. The van der Waals surface area contributed by atoms with Crippen LogP contribution in [-0.2, 0) is 20.0 Å². The number of fused-ring (bicyclic) bond motifs is 6. The van der Waals surface area contributed by atoms with E-state index in [1.165, 1.54) is 78.8 Å². The van der Waals surface area contributed by atoms with Crippen molar-refractivity contribution in [2.24, 2.45) is 0 Å². The van der Waals surface area contributed by atoms with Gasteiger partial charge in [0.05, 0.1) is 0 Å². The molecule has 236 valence electrons. The van der Waals surface area contributed by atoms with Gasteiger partial charge in [-0.2, -0.15) is 0 Å². The van der Waals surface area contributed by atoms with Crippen molar-refractivity contribution in [3.63, 3.8) is 0 Å². The Balaban J connectivity index is 1.50. The Morgan fingerprint density at radius 3 is 1.22 bits per heavy atom. The van der Waals surface area contributed by atoms with Gasteiger partial charge in [-0.3, -0.25) is 0 Å². The zero-order chi connectivity index (χ0) is 33.0. The average molecular weight is 787 g/mol. The summed E-state index contributed by atoms with van der Waals surface area (Å²) in [6.45, 7) is 23.6. The standard InChI is InChI=1S/C42H46Si.2CH3.Hf/c1-11-43(12-2,35-21-33-15-13-17-37(39(33)23-35)41-29(7)25(3)19-26(4)30(41)8)36-22-34-16-14-18-38(40(34)24-36)42-31(9)27(5)20-28(6)32(42)10;;;/h13-24H,11-12H2,1-10H3;2*1H3;. The maximum absolute atomic E-state index is 3.11. The van der Waals surface area contributed by atoms with Crippen LogP contribution in [0, 0.1) is 55.4 Å². The van der Waals surface area contributed by atoms with Gasteiger partial charge < -0.3 is 0 Å². The van der Waals surface area contributed by atoms with Gasteiger partial charge in [0.1, 0.15) is 0 Å². The van der Waals surface area contributed by atoms with E-state index in [1.807, 2.05) is 10.4 Å². The van der Waals surface area contributed by atoms with Crippen LogP contribution in [0.2, 0.25) is 21.4 Å². The second kappa shape index (κ2) is 11.0. The van der Waals surface area contributed by atoms with Crippen molar-refractivity contribution in [1.82, 2.24) is 0 Å². The molecule has 2 unspecified atom stereocenters. The molecule has 0 radical (unpaired) electrons. The molecule has 0 N–H and O–H groups in total. The summed E-state index contributed by atoms with van der Waals surface area (Å²) < 4.78 is 6.97. The van der Waals surface area contributed by atoms with Gasteiger partial charge in [0, 0.05) is 0 Å².